The second kappa shape index (κ2) is 8.83. The minimum absolute atomic E-state index is 0.241. The number of phenols is 2. The second-order valence-electron chi connectivity index (χ2n) is 10.4. The van der Waals surface area contributed by atoms with Gasteiger partial charge in [-0.3, -0.25) is 4.40 Å². The van der Waals surface area contributed by atoms with Gasteiger partial charge in [0.15, 0.2) is 0 Å². The summed E-state index contributed by atoms with van der Waals surface area (Å²) in [6.07, 6.45) is 5.97. The quantitative estimate of drug-likeness (QED) is 0.371. The van der Waals surface area contributed by atoms with Crippen molar-refractivity contribution in [3.8, 4) is 22.8 Å². The maximum atomic E-state index is 9.41. The molecule has 4 aromatic rings. The summed E-state index contributed by atoms with van der Waals surface area (Å²) < 4.78 is 13.8. The van der Waals surface area contributed by atoms with Gasteiger partial charge in [0.05, 0.1) is 11.2 Å². The fourth-order valence-electron chi connectivity index (χ4n) is 4.15. The fraction of sp³-hybridized carbons (Fsp3) is 0.333. The molecule has 1 saturated carbocycles. The van der Waals surface area contributed by atoms with E-state index < -0.39 is 0 Å². The molecule has 3 heterocycles. The summed E-state index contributed by atoms with van der Waals surface area (Å²) in [6.45, 7) is 8.08. The van der Waals surface area contributed by atoms with Gasteiger partial charge in [-0.2, -0.15) is 0 Å². The van der Waals surface area contributed by atoms with E-state index in [1.807, 2.05) is 62.6 Å². The number of benzene rings is 2. The molecular weight excluding hydrogens is 455 g/mol. The van der Waals surface area contributed by atoms with Gasteiger partial charge in [-0.1, -0.05) is 12.1 Å². The molecule has 6 rings (SSSR count). The van der Waals surface area contributed by atoms with E-state index in [2.05, 4.69) is 4.98 Å². The van der Waals surface area contributed by atoms with Gasteiger partial charge in [0, 0.05) is 23.9 Å². The number of aromatic nitrogens is 3. The van der Waals surface area contributed by atoms with Crippen LogP contribution in [-0.4, -0.2) is 42.9 Å². The lowest BCUT2D eigenvalue weighted by Gasteiger charge is -2.32. The largest absolute Gasteiger partial charge is 0.508 e. The second-order valence-corrected chi connectivity index (χ2v) is 10.4. The number of nitrogen functional groups attached to an aromatic ring is 1. The summed E-state index contributed by atoms with van der Waals surface area (Å²) in [4.78, 5) is 8.95. The number of nitrogens with two attached hydrogens (primary N) is 1. The van der Waals surface area contributed by atoms with Crippen LogP contribution in [0.15, 0.2) is 60.9 Å². The van der Waals surface area contributed by atoms with E-state index in [0.29, 0.717) is 11.7 Å². The van der Waals surface area contributed by atoms with Crippen LogP contribution < -0.4 is 11.2 Å². The first-order valence-electron chi connectivity index (χ1n) is 12.1. The van der Waals surface area contributed by atoms with Crippen LogP contribution in [0.1, 0.15) is 52.3 Å². The Bertz CT molecular complexity index is 1360. The van der Waals surface area contributed by atoms with Crippen LogP contribution in [0.5, 0.6) is 11.5 Å². The Morgan fingerprint density at radius 3 is 2.03 bits per heavy atom. The third-order valence-corrected chi connectivity index (χ3v) is 7.11. The summed E-state index contributed by atoms with van der Waals surface area (Å²) in [5, 5.41) is 18.6. The number of anilines is 1. The summed E-state index contributed by atoms with van der Waals surface area (Å²) in [5.74, 6) is 2.55. The Balaban J connectivity index is 0.000000152. The van der Waals surface area contributed by atoms with Crippen LogP contribution in [-0.2, 0) is 9.31 Å². The lowest BCUT2D eigenvalue weighted by molar-refractivity contribution is 0.00578. The van der Waals surface area contributed by atoms with Gasteiger partial charge in [-0.25, -0.2) is 9.97 Å². The molecule has 0 atom stereocenters. The molecule has 8 nitrogen and oxygen atoms in total. The highest BCUT2D eigenvalue weighted by atomic mass is 16.7. The van der Waals surface area contributed by atoms with Crippen molar-refractivity contribution in [3.05, 3.63) is 66.7 Å². The van der Waals surface area contributed by atoms with Gasteiger partial charge in [0.25, 0.3) is 0 Å². The molecule has 2 fully saturated rings. The van der Waals surface area contributed by atoms with Crippen molar-refractivity contribution < 1.29 is 19.5 Å². The number of imidazole rings is 1. The molecule has 1 aliphatic carbocycles. The summed E-state index contributed by atoms with van der Waals surface area (Å²) in [5.41, 5.74) is 8.93. The fourth-order valence-corrected chi connectivity index (χ4v) is 4.15. The molecule has 1 saturated heterocycles. The SMILES string of the molecule is CC1(C)OB(c2ccc(O)cc2)OC1(C)C.Nc1nccn2c(C3CC3)nc(-c3ccc(O)cc3)c12. The number of phenolic OH excluding ortho intramolecular Hbond substituents is 2. The zero-order valence-corrected chi connectivity index (χ0v) is 21.0. The molecule has 0 bridgehead atoms. The molecule has 36 heavy (non-hydrogen) atoms. The van der Waals surface area contributed by atoms with Gasteiger partial charge in [0.1, 0.15) is 34.4 Å². The Hall–Kier alpha value is -3.56. The number of aromatic hydroxyl groups is 2. The number of fused-ring (bicyclic) bond motifs is 1. The van der Waals surface area contributed by atoms with Gasteiger partial charge in [-0.15, -0.1) is 0 Å². The van der Waals surface area contributed by atoms with Crippen LogP contribution in [0.4, 0.5) is 5.82 Å². The molecule has 0 amide bonds. The molecule has 186 valence electrons. The first-order valence-corrected chi connectivity index (χ1v) is 12.1. The highest BCUT2D eigenvalue weighted by molar-refractivity contribution is 6.62. The van der Waals surface area contributed by atoms with Crippen molar-refractivity contribution in [1.82, 2.24) is 14.4 Å². The standard InChI is InChI=1S/C15H14N4O.C12H17BO3/c16-14-13-12(9-3-5-11(20)6-4-9)18-15(10-1-2-10)19(13)8-7-17-14;1-11(2)12(3,4)16-13(15-11)9-5-7-10(14)8-6-9/h3-8,10,20H,1-2H2,(H2,16,17);5-8,14H,1-4H3. The zero-order valence-electron chi connectivity index (χ0n) is 21.0. The predicted octanol–water partition coefficient (Wildman–Crippen LogP) is 4.25. The molecule has 9 heteroatoms. The van der Waals surface area contributed by atoms with Crippen LogP contribution >= 0.6 is 0 Å². The van der Waals surface area contributed by atoms with Crippen LogP contribution in [0, 0.1) is 0 Å². The van der Waals surface area contributed by atoms with Crippen LogP contribution in [0.2, 0.25) is 0 Å². The Morgan fingerprint density at radius 2 is 1.47 bits per heavy atom. The summed E-state index contributed by atoms with van der Waals surface area (Å²) >= 11 is 0. The molecule has 1 aliphatic heterocycles. The normalized spacial score (nSPS) is 18.2. The van der Waals surface area contributed by atoms with Crippen molar-refractivity contribution in [3.63, 3.8) is 0 Å². The first kappa shape index (κ1) is 24.2. The average molecular weight is 486 g/mol. The molecule has 0 spiro atoms. The molecule has 2 aliphatic rings. The lowest BCUT2D eigenvalue weighted by Crippen LogP contribution is -2.41. The van der Waals surface area contributed by atoms with Gasteiger partial charge in [0.2, 0.25) is 0 Å². The molecule has 2 aromatic carbocycles. The molecular formula is C27H31BN4O4. The summed E-state index contributed by atoms with van der Waals surface area (Å²) in [7, 11) is -0.356. The van der Waals surface area contributed by atoms with Crippen molar-refractivity contribution in [1.29, 1.82) is 0 Å². The average Bonchev–Trinajstić information content (AvgIpc) is 3.55. The van der Waals surface area contributed by atoms with E-state index in [4.69, 9.17) is 20.0 Å². The maximum absolute atomic E-state index is 9.41. The Morgan fingerprint density at radius 1 is 0.917 bits per heavy atom. The third-order valence-electron chi connectivity index (χ3n) is 7.11. The van der Waals surface area contributed by atoms with Crippen LogP contribution in [0.25, 0.3) is 16.8 Å². The molecule has 4 N–H and O–H groups in total. The topological polar surface area (TPSA) is 115 Å². The molecule has 0 unspecified atom stereocenters. The van der Waals surface area contributed by atoms with E-state index in [1.54, 1.807) is 30.5 Å². The lowest BCUT2D eigenvalue weighted by atomic mass is 9.79. The zero-order chi connectivity index (χ0) is 25.7. The van der Waals surface area contributed by atoms with E-state index in [0.717, 1.165) is 28.1 Å². The van der Waals surface area contributed by atoms with Crippen LogP contribution in [0.3, 0.4) is 0 Å². The Labute approximate surface area is 210 Å². The van der Waals surface area contributed by atoms with Gasteiger partial charge < -0.3 is 25.3 Å². The van der Waals surface area contributed by atoms with E-state index in [-0.39, 0.29) is 29.8 Å². The van der Waals surface area contributed by atoms with Crippen molar-refractivity contribution in [2.45, 2.75) is 57.7 Å². The van der Waals surface area contributed by atoms with Crippen molar-refractivity contribution >= 4 is 23.9 Å². The first-order chi connectivity index (χ1) is 17.1. The molecule has 0 radical (unpaired) electrons. The highest BCUT2D eigenvalue weighted by Gasteiger charge is 2.51. The number of rotatable bonds is 3. The number of hydrogen-bond acceptors (Lipinski definition) is 7. The third kappa shape index (κ3) is 4.52. The van der Waals surface area contributed by atoms with Crippen molar-refractivity contribution in [2.24, 2.45) is 0 Å². The minimum atomic E-state index is -0.356. The van der Waals surface area contributed by atoms with E-state index >= 15 is 0 Å². The summed E-state index contributed by atoms with van der Waals surface area (Å²) in [6, 6.07) is 13.9. The van der Waals surface area contributed by atoms with Crippen molar-refractivity contribution in [2.75, 3.05) is 5.73 Å². The highest BCUT2D eigenvalue weighted by Crippen LogP contribution is 2.42. The molecule has 2 aromatic heterocycles. The van der Waals surface area contributed by atoms with Gasteiger partial charge in [-0.05, 0) is 82.4 Å². The number of hydrogen-bond donors (Lipinski definition) is 3. The van der Waals surface area contributed by atoms with E-state index in [1.165, 1.54) is 12.8 Å². The van der Waals surface area contributed by atoms with Gasteiger partial charge >= 0.3 is 7.12 Å². The smallest absolute Gasteiger partial charge is 0.494 e. The minimum Gasteiger partial charge on any atom is -0.508 e. The monoisotopic (exact) mass is 486 g/mol. The number of nitrogens with zero attached hydrogens (tertiary/aromatic N) is 3. The maximum Gasteiger partial charge on any atom is 0.494 e. The van der Waals surface area contributed by atoms with E-state index in [9.17, 15) is 10.2 Å². The predicted molar refractivity (Wildman–Crippen MR) is 140 cm³/mol. The Kier molecular flexibility index (Phi) is 5.93.